The van der Waals surface area contributed by atoms with E-state index in [1.165, 1.54) is 0 Å². The quantitative estimate of drug-likeness (QED) is 0.294. The second-order valence-corrected chi connectivity index (χ2v) is 4.02. The summed E-state index contributed by atoms with van der Waals surface area (Å²) in [5, 5.41) is 0. The molecule has 0 radical (unpaired) electrons. The van der Waals surface area contributed by atoms with Gasteiger partial charge in [-0.3, -0.25) is 0 Å². The van der Waals surface area contributed by atoms with E-state index in [0.717, 1.165) is 0 Å². The molecule has 0 aliphatic carbocycles. The maximum absolute atomic E-state index is 2.41. The number of hydrogen-bond acceptors (Lipinski definition) is 0. The zero-order valence-corrected chi connectivity index (χ0v) is 4.34. The Bertz CT molecular complexity index is 22.4. The van der Waals surface area contributed by atoms with Crippen LogP contribution in [0.25, 0.3) is 0 Å². The van der Waals surface area contributed by atoms with E-state index in [9.17, 15) is 0 Å². The van der Waals surface area contributed by atoms with Gasteiger partial charge in [0.05, 0.1) is 0 Å². The molecule has 0 aromatic heterocycles. The van der Waals surface area contributed by atoms with Gasteiger partial charge in [0.1, 0.15) is 7.57 Å². The van der Waals surface area contributed by atoms with E-state index in [1.54, 1.807) is 0 Å². The number of rotatable bonds is 0. The second kappa shape index (κ2) is 1.30. The van der Waals surface area contributed by atoms with Gasteiger partial charge in [0.15, 0.2) is 0 Å². The van der Waals surface area contributed by atoms with Crippen molar-refractivity contribution in [3.05, 3.63) is 0 Å². The van der Waals surface area contributed by atoms with Gasteiger partial charge in [-0.2, -0.15) is 7.14 Å². The summed E-state index contributed by atoms with van der Waals surface area (Å²) in [6.45, 7) is 7.23. The molecule has 2 heteroatoms. The average molecular weight is 89.9 g/mol. The van der Waals surface area contributed by atoms with Gasteiger partial charge in [-0.15, -0.1) is 0 Å². The van der Waals surface area contributed by atoms with Crippen LogP contribution in [0.2, 0.25) is 0 Å². The first-order chi connectivity index (χ1) is 2.00. The molecule has 0 N–H and O–H groups in total. The van der Waals surface area contributed by atoms with Crippen LogP contribution < -0.4 is 0 Å². The lowest BCUT2D eigenvalue weighted by Crippen LogP contribution is -1.77. The van der Waals surface area contributed by atoms with Gasteiger partial charge in [-0.1, -0.05) is 0 Å². The Balaban J connectivity index is 3.02. The molecule has 0 fully saturated rings. The van der Waals surface area contributed by atoms with E-state index < -0.39 is 0 Å². The Labute approximate surface area is 35.7 Å². The summed E-state index contributed by atoms with van der Waals surface area (Å²) in [7, 11) is 0.576. The predicted octanol–water partition coefficient (Wildman–Crippen LogP) is 0.174. The van der Waals surface area contributed by atoms with Crippen molar-refractivity contribution < 1.29 is 0 Å². The molecule has 0 aliphatic rings. The van der Waals surface area contributed by atoms with Crippen LogP contribution in [0.3, 0.4) is 0 Å². The minimum absolute atomic E-state index is 0.139. The van der Waals surface area contributed by atoms with E-state index >= 15 is 0 Å². The summed E-state index contributed by atoms with van der Waals surface area (Å²) in [4.78, 5) is 0. The standard InChI is InChI=1S/C3H12BP/c1-5(2,3)4/h1-4H3. The molecule has 0 aromatic rings. The van der Waals surface area contributed by atoms with Crippen LogP contribution in [0, 0.1) is 0 Å². The summed E-state index contributed by atoms with van der Waals surface area (Å²) >= 11 is 0. The third-order valence-corrected chi connectivity index (χ3v) is 0. The Hall–Kier alpha value is 0.495. The second-order valence-electron chi connectivity index (χ2n) is 1.34. The third kappa shape index (κ3) is 114. The first-order valence-corrected chi connectivity index (χ1v) is 4.02. The molecular formula is C3H12BP. The molecule has 0 saturated heterocycles. The Kier molecular flexibility index (Phi) is 1.43. The lowest BCUT2D eigenvalue weighted by molar-refractivity contribution is 2.10. The molecule has 0 nitrogen and oxygen atoms in total. The van der Waals surface area contributed by atoms with Crippen molar-refractivity contribution >= 4 is 14.7 Å². The van der Waals surface area contributed by atoms with Gasteiger partial charge >= 0.3 is 0 Å². The third-order valence-electron chi connectivity index (χ3n) is 0. The fourth-order valence-electron chi connectivity index (χ4n) is 0. The highest BCUT2D eigenvalue weighted by atomic mass is 31.2. The van der Waals surface area contributed by atoms with E-state index in [0.29, 0.717) is 7.57 Å². The molecular weight excluding hydrogens is 77.8 g/mol. The molecule has 32 valence electrons. The minimum Gasteiger partial charge on any atom is -0.167 e. The summed E-state index contributed by atoms with van der Waals surface area (Å²) in [6, 6.07) is 0. The monoisotopic (exact) mass is 90.1 g/mol. The first-order valence-electron chi connectivity index (χ1n) is 1.34. The number of hydrogen-bond donors (Lipinski definition) is 0. The van der Waals surface area contributed by atoms with Crippen LogP contribution in [-0.2, 0) is 0 Å². The van der Waals surface area contributed by atoms with Crippen molar-refractivity contribution in [2.24, 2.45) is 0 Å². The van der Waals surface area contributed by atoms with E-state index in [-0.39, 0.29) is 7.14 Å². The Morgan fingerprint density at radius 3 is 1.20 bits per heavy atom. The molecule has 0 unspecified atom stereocenters. The van der Waals surface area contributed by atoms with Crippen molar-refractivity contribution in [2.45, 2.75) is 0 Å². The molecule has 0 bridgehead atoms. The Morgan fingerprint density at radius 1 is 1.20 bits per heavy atom. The largest absolute Gasteiger partial charge is 0.167 e. The van der Waals surface area contributed by atoms with Crippen molar-refractivity contribution in [2.75, 3.05) is 20.0 Å². The van der Waals surface area contributed by atoms with E-state index in [2.05, 4.69) is 20.0 Å². The van der Waals surface area contributed by atoms with Gasteiger partial charge in [0.2, 0.25) is 0 Å². The molecule has 0 amide bonds. The van der Waals surface area contributed by atoms with Crippen molar-refractivity contribution in [1.82, 2.24) is 0 Å². The maximum Gasteiger partial charge on any atom is 0.125 e. The summed E-state index contributed by atoms with van der Waals surface area (Å²) in [5.41, 5.74) is 0. The van der Waals surface area contributed by atoms with Gasteiger partial charge < -0.3 is 0 Å². The van der Waals surface area contributed by atoms with E-state index in [1.807, 2.05) is 0 Å². The van der Waals surface area contributed by atoms with Crippen molar-refractivity contribution in [3.8, 4) is 0 Å². The van der Waals surface area contributed by atoms with Crippen molar-refractivity contribution in [1.29, 1.82) is 0 Å². The highest BCUT2D eigenvalue weighted by molar-refractivity contribution is 7.95. The van der Waals surface area contributed by atoms with Crippen LogP contribution in [0.4, 0.5) is 0 Å². The maximum atomic E-state index is 2.41. The highest BCUT2D eigenvalue weighted by Gasteiger charge is 1.94. The van der Waals surface area contributed by atoms with Crippen LogP contribution in [0.1, 0.15) is 0 Å². The van der Waals surface area contributed by atoms with Crippen molar-refractivity contribution in [3.63, 3.8) is 0 Å². The van der Waals surface area contributed by atoms with Gasteiger partial charge in [0, 0.05) is 20.0 Å². The fraction of sp³-hybridized carbons (Fsp3) is 1.00. The van der Waals surface area contributed by atoms with Gasteiger partial charge in [-0.25, -0.2) is 0 Å². The average Bonchev–Trinajstić information content (AvgIpc) is 0.722. The molecule has 5 heavy (non-hydrogen) atoms. The van der Waals surface area contributed by atoms with Crippen LogP contribution in [0.5, 0.6) is 0 Å². The topological polar surface area (TPSA) is 0 Å². The predicted molar refractivity (Wildman–Crippen MR) is 34.6 cm³/mol. The van der Waals surface area contributed by atoms with Gasteiger partial charge in [0.25, 0.3) is 0 Å². The highest BCUT2D eigenvalue weighted by Crippen LogP contribution is 2.38. The lowest BCUT2D eigenvalue weighted by Gasteiger charge is -2.07. The van der Waals surface area contributed by atoms with Crippen LogP contribution in [0.15, 0.2) is 0 Å². The molecule has 0 aromatic carbocycles. The molecule has 0 aliphatic heterocycles. The van der Waals surface area contributed by atoms with Crippen LogP contribution >= 0.6 is 7.14 Å². The zero-order chi connectivity index (χ0) is 4.50. The summed E-state index contributed by atoms with van der Waals surface area (Å²) in [5.74, 6) is 0. The molecule has 0 atom stereocenters. The van der Waals surface area contributed by atoms with Gasteiger partial charge in [-0.05, 0) is 0 Å². The minimum atomic E-state index is -0.139. The first kappa shape index (κ1) is 5.49. The summed E-state index contributed by atoms with van der Waals surface area (Å²) < 4.78 is 0. The Morgan fingerprint density at radius 2 is 1.20 bits per heavy atom. The molecule has 0 rings (SSSR count). The summed E-state index contributed by atoms with van der Waals surface area (Å²) in [6.07, 6.45) is 0. The van der Waals surface area contributed by atoms with Crippen LogP contribution in [-0.4, -0.2) is 27.6 Å². The zero-order valence-electron chi connectivity index (χ0n) is 3.45. The lowest BCUT2D eigenvalue weighted by atomic mass is 10.8. The normalized spacial score (nSPS) is 12.0. The van der Waals surface area contributed by atoms with E-state index in [4.69, 9.17) is 0 Å². The molecule has 0 saturated carbocycles. The molecule has 0 spiro atoms. The molecule has 0 heterocycles. The smallest absolute Gasteiger partial charge is 0.125 e. The SMILES string of the molecule is [BH3-][P+](C)(C)C. The fourth-order valence-corrected chi connectivity index (χ4v) is 0.